The molecule has 5 heteroatoms. The highest BCUT2D eigenvalue weighted by Gasteiger charge is 2.15. The summed E-state index contributed by atoms with van der Waals surface area (Å²) in [5, 5.41) is -0.394. The third-order valence-corrected chi connectivity index (χ3v) is 1.90. The second-order valence-electron chi connectivity index (χ2n) is 2.38. The van der Waals surface area contributed by atoms with Gasteiger partial charge in [-0.25, -0.2) is 4.79 Å². The Morgan fingerprint density at radius 3 is 3.23 bits per heavy atom. The lowest BCUT2D eigenvalue weighted by molar-refractivity contribution is -0.138. The van der Waals surface area contributed by atoms with Crippen LogP contribution in [0.15, 0.2) is 17.6 Å². The van der Waals surface area contributed by atoms with E-state index in [1.165, 1.54) is 0 Å². The number of ether oxygens (including phenoxy) is 2. The summed E-state index contributed by atoms with van der Waals surface area (Å²) < 4.78 is 10.0. The van der Waals surface area contributed by atoms with Gasteiger partial charge >= 0.3 is 5.97 Å². The quantitative estimate of drug-likeness (QED) is 0.427. The van der Waals surface area contributed by atoms with Crippen molar-refractivity contribution in [1.29, 1.82) is 0 Å². The normalized spacial score (nSPS) is 17.2. The van der Waals surface area contributed by atoms with Gasteiger partial charge in [0.25, 0.3) is 0 Å². The van der Waals surface area contributed by atoms with Gasteiger partial charge in [0, 0.05) is 6.08 Å². The molecule has 0 radical (unpaired) electrons. The first kappa shape index (κ1) is 10.2. The maximum absolute atomic E-state index is 10.7. The smallest absolute Gasteiger partial charge is 0.331 e. The van der Waals surface area contributed by atoms with Crippen LogP contribution in [0.2, 0.25) is 0 Å². The SMILES string of the molecule is C=CC(=O)OC(Br)CC1=NCCO1. The third-order valence-electron chi connectivity index (χ3n) is 1.39. The summed E-state index contributed by atoms with van der Waals surface area (Å²) >= 11 is 3.18. The molecule has 0 aromatic rings. The zero-order valence-corrected chi connectivity index (χ0v) is 8.62. The highest BCUT2D eigenvalue weighted by atomic mass is 79.9. The van der Waals surface area contributed by atoms with Crippen molar-refractivity contribution in [2.24, 2.45) is 4.99 Å². The van der Waals surface area contributed by atoms with Gasteiger partial charge in [0.15, 0.2) is 10.9 Å². The second kappa shape index (κ2) is 5.01. The average Bonchev–Trinajstić information content (AvgIpc) is 2.56. The molecule has 1 rings (SSSR count). The van der Waals surface area contributed by atoms with E-state index in [2.05, 4.69) is 27.5 Å². The summed E-state index contributed by atoms with van der Waals surface area (Å²) in [6.45, 7) is 4.59. The van der Waals surface area contributed by atoms with Crippen LogP contribution < -0.4 is 0 Å². The van der Waals surface area contributed by atoms with Gasteiger partial charge in [-0.2, -0.15) is 0 Å². The Balaban J connectivity index is 2.27. The lowest BCUT2D eigenvalue weighted by Gasteiger charge is -2.09. The Labute approximate surface area is 84.7 Å². The van der Waals surface area contributed by atoms with E-state index in [4.69, 9.17) is 9.47 Å². The molecule has 0 aromatic carbocycles. The minimum Gasteiger partial charge on any atom is -0.479 e. The fourth-order valence-corrected chi connectivity index (χ4v) is 1.32. The highest BCUT2D eigenvalue weighted by molar-refractivity contribution is 9.09. The van der Waals surface area contributed by atoms with Crippen LogP contribution in [-0.4, -0.2) is 30.0 Å². The van der Waals surface area contributed by atoms with Crippen molar-refractivity contribution >= 4 is 27.8 Å². The number of esters is 1. The van der Waals surface area contributed by atoms with E-state index in [-0.39, 0.29) is 0 Å². The van der Waals surface area contributed by atoms with Crippen molar-refractivity contribution in [2.45, 2.75) is 11.4 Å². The summed E-state index contributed by atoms with van der Waals surface area (Å²) in [5.41, 5.74) is 0. The fraction of sp³-hybridized carbons (Fsp3) is 0.500. The molecular weight excluding hydrogens is 238 g/mol. The first-order valence-electron chi connectivity index (χ1n) is 3.85. The maximum Gasteiger partial charge on any atom is 0.331 e. The number of nitrogens with zero attached hydrogens (tertiary/aromatic N) is 1. The predicted molar refractivity (Wildman–Crippen MR) is 51.9 cm³/mol. The van der Waals surface area contributed by atoms with Gasteiger partial charge in [-0.05, 0) is 15.9 Å². The third kappa shape index (κ3) is 3.59. The highest BCUT2D eigenvalue weighted by Crippen LogP contribution is 2.11. The van der Waals surface area contributed by atoms with Crippen molar-refractivity contribution < 1.29 is 14.3 Å². The molecule has 0 aliphatic carbocycles. The fourth-order valence-electron chi connectivity index (χ4n) is 0.856. The zero-order chi connectivity index (χ0) is 9.68. The summed E-state index contributed by atoms with van der Waals surface area (Å²) in [7, 11) is 0. The number of alkyl halides is 1. The molecule has 1 atom stereocenters. The molecule has 0 bridgehead atoms. The van der Waals surface area contributed by atoms with Gasteiger partial charge < -0.3 is 9.47 Å². The van der Waals surface area contributed by atoms with E-state index >= 15 is 0 Å². The number of aliphatic imine (C=N–C) groups is 1. The molecular formula is C8H10BrNO3. The zero-order valence-electron chi connectivity index (χ0n) is 7.03. The summed E-state index contributed by atoms with van der Waals surface area (Å²) in [5.74, 6) is 0.166. The molecule has 0 saturated carbocycles. The first-order chi connectivity index (χ1) is 6.22. The van der Waals surface area contributed by atoms with Crippen molar-refractivity contribution in [3.63, 3.8) is 0 Å². The summed E-state index contributed by atoms with van der Waals surface area (Å²) in [6.07, 6.45) is 1.57. The molecule has 0 aromatic heterocycles. The summed E-state index contributed by atoms with van der Waals surface area (Å²) in [4.78, 5) is 14.8. The molecule has 0 spiro atoms. The molecule has 4 nitrogen and oxygen atoms in total. The predicted octanol–water partition coefficient (Wildman–Crippen LogP) is 1.26. The Morgan fingerprint density at radius 2 is 2.69 bits per heavy atom. The molecule has 13 heavy (non-hydrogen) atoms. The van der Waals surface area contributed by atoms with Crippen molar-refractivity contribution in [3.8, 4) is 0 Å². The lowest BCUT2D eigenvalue weighted by Crippen LogP contribution is -2.14. The molecule has 0 saturated heterocycles. The van der Waals surface area contributed by atoms with Crippen LogP contribution >= 0.6 is 15.9 Å². The van der Waals surface area contributed by atoms with Gasteiger partial charge in [-0.3, -0.25) is 4.99 Å². The monoisotopic (exact) mass is 247 g/mol. The number of carbonyl (C=O) groups is 1. The molecule has 0 amide bonds. The van der Waals surface area contributed by atoms with Crippen LogP contribution in [0.4, 0.5) is 0 Å². The maximum atomic E-state index is 10.7. The Bertz CT molecular complexity index is 240. The molecule has 1 aliphatic heterocycles. The molecule has 1 heterocycles. The van der Waals surface area contributed by atoms with Crippen molar-refractivity contribution in [1.82, 2.24) is 0 Å². The van der Waals surface area contributed by atoms with Gasteiger partial charge in [0.1, 0.15) is 6.61 Å². The van der Waals surface area contributed by atoms with Gasteiger partial charge in [0.05, 0.1) is 13.0 Å². The van der Waals surface area contributed by atoms with E-state index in [9.17, 15) is 4.79 Å². The van der Waals surface area contributed by atoms with Crippen LogP contribution in [0.1, 0.15) is 6.42 Å². The average molecular weight is 248 g/mol. The van der Waals surface area contributed by atoms with Crippen LogP contribution in [0.5, 0.6) is 0 Å². The van der Waals surface area contributed by atoms with Crippen LogP contribution in [0, 0.1) is 0 Å². The van der Waals surface area contributed by atoms with Crippen LogP contribution in [0.3, 0.4) is 0 Å². The van der Waals surface area contributed by atoms with E-state index in [0.717, 1.165) is 6.08 Å². The van der Waals surface area contributed by atoms with E-state index in [1.54, 1.807) is 0 Å². The molecule has 0 N–H and O–H groups in total. The van der Waals surface area contributed by atoms with Crippen LogP contribution in [-0.2, 0) is 14.3 Å². The van der Waals surface area contributed by atoms with E-state index in [0.29, 0.717) is 25.5 Å². The molecule has 1 unspecified atom stereocenters. The van der Waals surface area contributed by atoms with Gasteiger partial charge in [-0.1, -0.05) is 6.58 Å². The molecule has 1 aliphatic rings. The first-order valence-corrected chi connectivity index (χ1v) is 4.77. The number of hydrogen-bond acceptors (Lipinski definition) is 4. The molecule has 0 fully saturated rings. The number of hydrogen-bond donors (Lipinski definition) is 0. The standard InChI is InChI=1S/C8H10BrNO3/c1-2-8(11)13-6(9)5-7-10-3-4-12-7/h2,6H,1,3-5H2. The Kier molecular flexibility index (Phi) is 3.95. The van der Waals surface area contributed by atoms with Gasteiger partial charge in [0.2, 0.25) is 0 Å². The van der Waals surface area contributed by atoms with Crippen molar-refractivity contribution in [3.05, 3.63) is 12.7 Å². The Morgan fingerprint density at radius 1 is 1.92 bits per heavy atom. The van der Waals surface area contributed by atoms with Gasteiger partial charge in [-0.15, -0.1) is 0 Å². The number of carbonyl (C=O) groups excluding carboxylic acids is 1. The molecule has 72 valence electrons. The summed E-state index contributed by atoms with van der Waals surface area (Å²) in [6, 6.07) is 0. The van der Waals surface area contributed by atoms with Crippen molar-refractivity contribution in [2.75, 3.05) is 13.2 Å². The van der Waals surface area contributed by atoms with E-state index in [1.807, 2.05) is 0 Å². The number of rotatable bonds is 4. The minimum atomic E-state index is -0.458. The van der Waals surface area contributed by atoms with E-state index < -0.39 is 11.0 Å². The topological polar surface area (TPSA) is 47.9 Å². The Hall–Kier alpha value is -0.840. The second-order valence-corrected chi connectivity index (χ2v) is 3.40. The number of halogens is 1. The van der Waals surface area contributed by atoms with Crippen LogP contribution in [0.25, 0.3) is 0 Å². The minimum absolute atomic E-state index is 0.394. The largest absolute Gasteiger partial charge is 0.479 e. The lowest BCUT2D eigenvalue weighted by atomic mass is 10.4.